The zero-order valence-corrected chi connectivity index (χ0v) is 21.1. The summed E-state index contributed by atoms with van der Waals surface area (Å²) in [5, 5.41) is 1.01. The monoisotopic (exact) mass is 503 g/mol. The van der Waals surface area contributed by atoms with Crippen LogP contribution in [0.25, 0.3) is 17.0 Å². The van der Waals surface area contributed by atoms with Gasteiger partial charge in [0.05, 0.1) is 36.6 Å². The fraction of sp³-hybridized carbons (Fsp3) is 0.222. The minimum atomic E-state index is -0.796. The molecule has 0 spiro atoms. The van der Waals surface area contributed by atoms with E-state index in [9.17, 15) is 9.59 Å². The molecule has 0 saturated carbocycles. The first kappa shape index (κ1) is 23.6. The summed E-state index contributed by atoms with van der Waals surface area (Å²) in [6, 6.07) is 12.4. The molecule has 5 rings (SSSR count). The number of carbonyl (C=O) groups is 1. The van der Waals surface area contributed by atoms with E-state index >= 15 is 0 Å². The number of carbonyl (C=O) groups excluding carboxylic acids is 1. The SMILES string of the molecule is CCOC(=O)C1=C(C)N=c2sc(=Cc3c[nH]c4ccccc34)c(=O)n2[C@H]1c1cc(OC)ccc1OC. The van der Waals surface area contributed by atoms with E-state index in [-0.39, 0.29) is 17.7 Å². The van der Waals surface area contributed by atoms with Gasteiger partial charge in [-0.3, -0.25) is 9.36 Å². The first-order chi connectivity index (χ1) is 17.5. The second kappa shape index (κ2) is 9.50. The topological polar surface area (TPSA) is 94.9 Å². The van der Waals surface area contributed by atoms with Gasteiger partial charge in [0, 0.05) is 28.2 Å². The fourth-order valence-corrected chi connectivity index (χ4v) is 5.53. The third kappa shape index (κ3) is 3.91. The van der Waals surface area contributed by atoms with Crippen LogP contribution in [-0.4, -0.2) is 36.3 Å². The molecule has 3 heterocycles. The maximum atomic E-state index is 13.9. The summed E-state index contributed by atoms with van der Waals surface area (Å²) in [5.41, 5.74) is 3.00. The number of para-hydroxylation sites is 1. The van der Waals surface area contributed by atoms with Crippen molar-refractivity contribution in [3.8, 4) is 11.5 Å². The molecular formula is C27H25N3O5S. The predicted molar refractivity (Wildman–Crippen MR) is 138 cm³/mol. The smallest absolute Gasteiger partial charge is 0.338 e. The van der Waals surface area contributed by atoms with Crippen molar-refractivity contribution in [1.82, 2.24) is 9.55 Å². The summed E-state index contributed by atoms with van der Waals surface area (Å²) in [7, 11) is 3.11. The third-order valence-electron chi connectivity index (χ3n) is 6.16. The van der Waals surface area contributed by atoms with E-state index in [1.54, 1.807) is 50.8 Å². The molecule has 2 aromatic carbocycles. The minimum absolute atomic E-state index is 0.197. The summed E-state index contributed by atoms with van der Waals surface area (Å²) in [6.07, 6.45) is 3.73. The Balaban J connectivity index is 1.78. The van der Waals surface area contributed by atoms with Crippen molar-refractivity contribution < 1.29 is 19.0 Å². The van der Waals surface area contributed by atoms with Gasteiger partial charge in [0.1, 0.15) is 17.5 Å². The molecule has 0 amide bonds. The number of rotatable bonds is 6. The Kier molecular flexibility index (Phi) is 6.24. The number of aromatic nitrogens is 2. The van der Waals surface area contributed by atoms with E-state index in [0.29, 0.717) is 32.1 Å². The molecular weight excluding hydrogens is 478 g/mol. The molecule has 1 N–H and O–H groups in total. The van der Waals surface area contributed by atoms with Gasteiger partial charge in [-0.1, -0.05) is 29.5 Å². The van der Waals surface area contributed by atoms with Gasteiger partial charge in [-0.05, 0) is 44.2 Å². The lowest BCUT2D eigenvalue weighted by Crippen LogP contribution is -2.40. The quantitative estimate of drug-likeness (QED) is 0.408. The Bertz CT molecular complexity index is 1690. The van der Waals surface area contributed by atoms with Crippen LogP contribution < -0.4 is 24.4 Å². The molecule has 0 saturated heterocycles. The largest absolute Gasteiger partial charge is 0.497 e. The van der Waals surface area contributed by atoms with Gasteiger partial charge in [0.15, 0.2) is 4.80 Å². The van der Waals surface area contributed by atoms with Crippen LogP contribution in [0.3, 0.4) is 0 Å². The molecule has 0 aliphatic carbocycles. The highest BCUT2D eigenvalue weighted by atomic mass is 32.1. The number of nitrogens with zero attached hydrogens (tertiary/aromatic N) is 2. The molecule has 0 fully saturated rings. The van der Waals surface area contributed by atoms with Crippen molar-refractivity contribution in [2.45, 2.75) is 19.9 Å². The highest BCUT2D eigenvalue weighted by Gasteiger charge is 2.35. The number of hydrogen-bond acceptors (Lipinski definition) is 7. The lowest BCUT2D eigenvalue weighted by molar-refractivity contribution is -0.139. The van der Waals surface area contributed by atoms with Crippen LogP contribution in [0.1, 0.15) is 31.0 Å². The number of fused-ring (bicyclic) bond motifs is 2. The van der Waals surface area contributed by atoms with Crippen LogP contribution in [-0.2, 0) is 9.53 Å². The number of methoxy groups -OCH3 is 2. The number of aromatic amines is 1. The van der Waals surface area contributed by atoms with Gasteiger partial charge in [0.2, 0.25) is 0 Å². The van der Waals surface area contributed by atoms with Crippen molar-refractivity contribution >= 4 is 34.3 Å². The summed E-state index contributed by atoms with van der Waals surface area (Å²) >= 11 is 1.28. The normalized spacial score (nSPS) is 15.6. The fourth-order valence-electron chi connectivity index (χ4n) is 4.49. The molecule has 1 aliphatic heterocycles. The van der Waals surface area contributed by atoms with Gasteiger partial charge >= 0.3 is 5.97 Å². The Labute approximate surface area is 210 Å². The molecule has 0 unspecified atom stereocenters. The summed E-state index contributed by atoms with van der Waals surface area (Å²) in [4.78, 5) is 35.4. The van der Waals surface area contributed by atoms with Crippen LogP contribution in [0.5, 0.6) is 11.5 Å². The van der Waals surface area contributed by atoms with Crippen molar-refractivity contribution in [2.75, 3.05) is 20.8 Å². The van der Waals surface area contributed by atoms with Crippen molar-refractivity contribution in [2.24, 2.45) is 4.99 Å². The molecule has 184 valence electrons. The molecule has 0 bridgehead atoms. The number of H-pyrrole nitrogens is 1. The third-order valence-corrected chi connectivity index (χ3v) is 7.14. The maximum Gasteiger partial charge on any atom is 0.338 e. The Morgan fingerprint density at radius 3 is 2.75 bits per heavy atom. The highest BCUT2D eigenvalue weighted by Crippen LogP contribution is 2.37. The number of allylic oxidation sites excluding steroid dienone is 1. The Morgan fingerprint density at radius 2 is 2.00 bits per heavy atom. The Hall–Kier alpha value is -4.11. The van der Waals surface area contributed by atoms with Gasteiger partial charge in [-0.15, -0.1) is 0 Å². The molecule has 2 aromatic heterocycles. The highest BCUT2D eigenvalue weighted by molar-refractivity contribution is 7.07. The van der Waals surface area contributed by atoms with Crippen molar-refractivity contribution in [3.63, 3.8) is 0 Å². The van der Waals surface area contributed by atoms with E-state index in [1.807, 2.05) is 36.5 Å². The molecule has 9 heteroatoms. The van der Waals surface area contributed by atoms with Crippen LogP contribution in [0.4, 0.5) is 0 Å². The second-order valence-corrected chi connectivity index (χ2v) is 9.21. The summed E-state index contributed by atoms with van der Waals surface area (Å²) in [5.74, 6) is 0.563. The number of benzene rings is 2. The van der Waals surface area contributed by atoms with Gasteiger partial charge in [-0.25, -0.2) is 9.79 Å². The summed E-state index contributed by atoms with van der Waals surface area (Å²) < 4.78 is 18.5. The summed E-state index contributed by atoms with van der Waals surface area (Å²) in [6.45, 7) is 3.69. The van der Waals surface area contributed by atoms with Crippen molar-refractivity contribution in [3.05, 3.63) is 90.7 Å². The van der Waals surface area contributed by atoms with E-state index in [2.05, 4.69) is 9.98 Å². The molecule has 4 aromatic rings. The average molecular weight is 504 g/mol. The predicted octanol–water partition coefficient (Wildman–Crippen LogP) is 3.30. The zero-order chi connectivity index (χ0) is 25.4. The van der Waals surface area contributed by atoms with Crippen LogP contribution in [0, 0.1) is 0 Å². The van der Waals surface area contributed by atoms with Crippen molar-refractivity contribution in [1.29, 1.82) is 0 Å². The molecule has 0 radical (unpaired) electrons. The second-order valence-electron chi connectivity index (χ2n) is 8.20. The standard InChI is InChI=1S/C27H25N3O5S/c1-5-35-26(32)23-15(2)29-27-30(24(23)19-13-17(33-3)10-11-21(19)34-4)25(31)22(36-27)12-16-14-28-20-9-7-6-8-18(16)20/h6-14,24,28H,5H2,1-4H3/t24-/m0/s1. The molecule has 1 aliphatic rings. The van der Waals surface area contributed by atoms with Gasteiger partial charge < -0.3 is 19.2 Å². The first-order valence-electron chi connectivity index (χ1n) is 11.4. The van der Waals surface area contributed by atoms with Crippen LogP contribution in [0.2, 0.25) is 0 Å². The molecule has 36 heavy (non-hydrogen) atoms. The number of hydrogen-bond donors (Lipinski definition) is 1. The zero-order valence-electron chi connectivity index (χ0n) is 20.3. The van der Waals surface area contributed by atoms with Crippen LogP contribution >= 0.6 is 11.3 Å². The van der Waals surface area contributed by atoms with Gasteiger partial charge in [-0.2, -0.15) is 0 Å². The lowest BCUT2D eigenvalue weighted by atomic mass is 9.94. The molecule has 1 atom stereocenters. The number of thiazole rings is 1. The number of ether oxygens (including phenoxy) is 3. The van der Waals surface area contributed by atoms with E-state index in [4.69, 9.17) is 14.2 Å². The van der Waals surface area contributed by atoms with E-state index in [0.717, 1.165) is 16.5 Å². The Morgan fingerprint density at radius 1 is 1.19 bits per heavy atom. The maximum absolute atomic E-state index is 13.9. The van der Waals surface area contributed by atoms with Gasteiger partial charge in [0.25, 0.3) is 5.56 Å². The first-order valence-corrected chi connectivity index (χ1v) is 12.3. The lowest BCUT2D eigenvalue weighted by Gasteiger charge is -2.26. The average Bonchev–Trinajstić information content (AvgIpc) is 3.43. The number of esters is 1. The minimum Gasteiger partial charge on any atom is -0.497 e. The number of nitrogens with one attached hydrogen (secondary N) is 1. The van der Waals surface area contributed by atoms with E-state index < -0.39 is 12.0 Å². The van der Waals surface area contributed by atoms with E-state index in [1.165, 1.54) is 11.3 Å². The van der Waals surface area contributed by atoms with Crippen LogP contribution in [0.15, 0.2) is 69.7 Å². The molecule has 8 nitrogen and oxygen atoms in total.